The van der Waals surface area contributed by atoms with Gasteiger partial charge in [0.05, 0.1) is 0 Å². The summed E-state index contributed by atoms with van der Waals surface area (Å²) in [6, 6.07) is 5.70. The molecule has 0 N–H and O–H groups in total. The molecule has 0 spiro atoms. The Hall–Kier alpha value is -2.11. The fraction of sp³-hybridized carbons (Fsp3) is 0.462. The van der Waals surface area contributed by atoms with Crippen molar-refractivity contribution in [2.45, 2.75) is 32.4 Å². The Labute approximate surface area is 110 Å². The van der Waals surface area contributed by atoms with Gasteiger partial charge in [0, 0.05) is 18.8 Å². The number of carbonyl (C=O) groups excluding carboxylic acids is 1. The molecule has 0 aromatic carbocycles. The molecule has 6 heteroatoms. The van der Waals surface area contributed by atoms with Gasteiger partial charge in [-0.1, -0.05) is 6.07 Å². The van der Waals surface area contributed by atoms with Crippen molar-refractivity contribution < 1.29 is 4.79 Å². The van der Waals surface area contributed by atoms with Crippen molar-refractivity contribution in [3.05, 3.63) is 34.9 Å². The van der Waals surface area contributed by atoms with Crippen molar-refractivity contribution in [2.75, 3.05) is 6.54 Å². The van der Waals surface area contributed by atoms with E-state index in [1.165, 1.54) is 9.08 Å². The van der Waals surface area contributed by atoms with E-state index in [1.54, 1.807) is 18.3 Å². The Kier molecular flexibility index (Phi) is 2.85. The summed E-state index contributed by atoms with van der Waals surface area (Å²) in [7, 11) is 0. The molecule has 0 aliphatic heterocycles. The van der Waals surface area contributed by atoms with Gasteiger partial charge in [0.25, 0.3) is 0 Å². The first kappa shape index (κ1) is 12.0. The maximum absolute atomic E-state index is 12.2. The monoisotopic (exact) mass is 260 g/mol. The molecule has 1 amide bonds. The van der Waals surface area contributed by atoms with Gasteiger partial charge in [-0.05, 0) is 31.9 Å². The van der Waals surface area contributed by atoms with Crippen LogP contribution in [0.25, 0.3) is 5.65 Å². The number of likely N-dealkylation sites (N-methyl/N-ethyl adjacent to an activating group) is 1. The highest BCUT2D eigenvalue weighted by Crippen LogP contribution is 2.26. The number of carbonyl (C=O) groups is 1. The minimum absolute atomic E-state index is 0.0187. The molecule has 0 bridgehead atoms. The molecular weight excluding hydrogens is 244 g/mol. The third kappa shape index (κ3) is 2.14. The van der Waals surface area contributed by atoms with Crippen LogP contribution in [0.3, 0.4) is 0 Å². The molecule has 1 saturated carbocycles. The number of aromatic nitrogens is 3. The van der Waals surface area contributed by atoms with Crippen molar-refractivity contribution in [2.24, 2.45) is 0 Å². The van der Waals surface area contributed by atoms with Gasteiger partial charge in [-0.3, -0.25) is 9.20 Å². The van der Waals surface area contributed by atoms with Crippen LogP contribution in [0.1, 0.15) is 19.8 Å². The lowest BCUT2D eigenvalue weighted by Crippen LogP contribution is -2.38. The Morgan fingerprint density at radius 2 is 2.26 bits per heavy atom. The molecule has 2 heterocycles. The summed E-state index contributed by atoms with van der Waals surface area (Å²) in [5.41, 5.74) is 0.297. The smallest absolute Gasteiger partial charge is 0.338 e. The third-order valence-electron chi connectivity index (χ3n) is 3.42. The van der Waals surface area contributed by atoms with Gasteiger partial charge in [-0.15, -0.1) is 5.10 Å². The van der Waals surface area contributed by atoms with Gasteiger partial charge in [0.1, 0.15) is 6.54 Å². The molecule has 1 fully saturated rings. The van der Waals surface area contributed by atoms with Crippen molar-refractivity contribution in [3.8, 4) is 0 Å². The molecule has 0 saturated heterocycles. The summed E-state index contributed by atoms with van der Waals surface area (Å²) in [5, 5.41) is 4.17. The van der Waals surface area contributed by atoms with E-state index in [0.29, 0.717) is 18.2 Å². The molecular formula is C13H16N4O2. The molecule has 2 aromatic heterocycles. The molecule has 6 nitrogen and oxygen atoms in total. The molecule has 0 unspecified atom stereocenters. The molecule has 0 atom stereocenters. The SMILES string of the molecule is CCN(C(=O)Cn1nc2ccccn2c1=O)C1CC1. The minimum Gasteiger partial charge on any atom is -0.338 e. The lowest BCUT2D eigenvalue weighted by Gasteiger charge is -2.19. The van der Waals surface area contributed by atoms with Crippen molar-refractivity contribution in [3.63, 3.8) is 0 Å². The second-order valence-corrected chi connectivity index (χ2v) is 4.78. The average Bonchev–Trinajstić information content (AvgIpc) is 3.18. The van der Waals surface area contributed by atoms with E-state index in [1.807, 2.05) is 17.9 Å². The van der Waals surface area contributed by atoms with Crippen LogP contribution in [0.2, 0.25) is 0 Å². The zero-order valence-electron chi connectivity index (χ0n) is 10.8. The van der Waals surface area contributed by atoms with Crippen LogP contribution in [0, 0.1) is 0 Å². The minimum atomic E-state index is -0.268. The maximum Gasteiger partial charge on any atom is 0.350 e. The maximum atomic E-state index is 12.2. The molecule has 1 aliphatic carbocycles. The van der Waals surface area contributed by atoms with Gasteiger partial charge in [-0.25, -0.2) is 9.48 Å². The Morgan fingerprint density at radius 3 is 2.89 bits per heavy atom. The van der Waals surface area contributed by atoms with Gasteiger partial charge in [0.15, 0.2) is 5.65 Å². The quantitative estimate of drug-likeness (QED) is 0.804. The summed E-state index contributed by atoms with van der Waals surface area (Å²) in [6.45, 7) is 2.67. The van der Waals surface area contributed by atoms with E-state index in [0.717, 1.165) is 12.8 Å². The normalized spacial score (nSPS) is 14.8. The van der Waals surface area contributed by atoms with E-state index < -0.39 is 0 Å². The van der Waals surface area contributed by atoms with Crippen LogP contribution in [0.5, 0.6) is 0 Å². The zero-order valence-corrected chi connectivity index (χ0v) is 10.8. The van der Waals surface area contributed by atoms with Gasteiger partial charge in [0.2, 0.25) is 5.91 Å². The van der Waals surface area contributed by atoms with Crippen molar-refractivity contribution in [1.82, 2.24) is 19.1 Å². The summed E-state index contributed by atoms with van der Waals surface area (Å²) in [5.74, 6) is -0.0319. The van der Waals surface area contributed by atoms with Crippen LogP contribution in [0.15, 0.2) is 29.2 Å². The number of hydrogen-bond acceptors (Lipinski definition) is 3. The predicted molar refractivity (Wildman–Crippen MR) is 69.9 cm³/mol. The lowest BCUT2D eigenvalue weighted by molar-refractivity contribution is -0.132. The van der Waals surface area contributed by atoms with E-state index in [2.05, 4.69) is 5.10 Å². The average molecular weight is 260 g/mol. The summed E-state index contributed by atoms with van der Waals surface area (Å²) in [6.07, 6.45) is 3.80. The molecule has 19 heavy (non-hydrogen) atoms. The van der Waals surface area contributed by atoms with E-state index >= 15 is 0 Å². The number of rotatable bonds is 4. The van der Waals surface area contributed by atoms with Crippen LogP contribution in [0.4, 0.5) is 0 Å². The van der Waals surface area contributed by atoms with Gasteiger partial charge < -0.3 is 4.90 Å². The van der Waals surface area contributed by atoms with Crippen LogP contribution in [-0.4, -0.2) is 37.6 Å². The van der Waals surface area contributed by atoms with Gasteiger partial charge >= 0.3 is 5.69 Å². The highest BCUT2D eigenvalue weighted by atomic mass is 16.2. The first-order valence-corrected chi connectivity index (χ1v) is 6.54. The lowest BCUT2D eigenvalue weighted by atomic mass is 10.4. The summed E-state index contributed by atoms with van der Waals surface area (Å²) < 4.78 is 2.68. The van der Waals surface area contributed by atoms with E-state index in [9.17, 15) is 9.59 Å². The van der Waals surface area contributed by atoms with Crippen molar-refractivity contribution in [1.29, 1.82) is 0 Å². The fourth-order valence-electron chi connectivity index (χ4n) is 2.31. The molecule has 1 aliphatic rings. The van der Waals surface area contributed by atoms with Crippen LogP contribution in [-0.2, 0) is 11.3 Å². The van der Waals surface area contributed by atoms with E-state index in [4.69, 9.17) is 0 Å². The predicted octanol–water partition coefficient (Wildman–Crippen LogP) is 0.507. The highest BCUT2D eigenvalue weighted by Gasteiger charge is 2.31. The molecule has 2 aromatic rings. The van der Waals surface area contributed by atoms with E-state index in [-0.39, 0.29) is 18.1 Å². The summed E-state index contributed by atoms with van der Waals surface area (Å²) >= 11 is 0. The highest BCUT2D eigenvalue weighted by molar-refractivity contribution is 5.76. The Morgan fingerprint density at radius 1 is 1.47 bits per heavy atom. The number of nitrogens with zero attached hydrogens (tertiary/aromatic N) is 4. The number of pyridine rings is 1. The second-order valence-electron chi connectivity index (χ2n) is 4.78. The topological polar surface area (TPSA) is 59.6 Å². The molecule has 0 radical (unpaired) electrons. The summed E-state index contributed by atoms with van der Waals surface area (Å²) in [4.78, 5) is 26.1. The molecule has 100 valence electrons. The second kappa shape index (κ2) is 4.53. The number of hydrogen-bond donors (Lipinski definition) is 0. The van der Waals surface area contributed by atoms with Crippen molar-refractivity contribution >= 4 is 11.6 Å². The number of fused-ring (bicyclic) bond motifs is 1. The standard InChI is InChI=1S/C13H16N4O2/c1-2-15(10-6-7-10)12(18)9-17-13(19)16-8-4-3-5-11(16)14-17/h3-5,8,10H,2,6-7,9H2,1H3. The zero-order chi connectivity index (χ0) is 13.4. The fourth-order valence-corrected chi connectivity index (χ4v) is 2.31. The number of amides is 1. The largest absolute Gasteiger partial charge is 0.350 e. The molecule has 3 rings (SSSR count). The third-order valence-corrected chi connectivity index (χ3v) is 3.42. The van der Waals surface area contributed by atoms with Crippen LogP contribution < -0.4 is 5.69 Å². The first-order valence-electron chi connectivity index (χ1n) is 6.54. The van der Waals surface area contributed by atoms with Gasteiger partial charge in [-0.2, -0.15) is 0 Å². The van der Waals surface area contributed by atoms with Crippen LogP contribution >= 0.6 is 0 Å². The Bertz CT molecular complexity index is 669. The first-order chi connectivity index (χ1) is 9.20. The Balaban J connectivity index is 1.86.